The summed E-state index contributed by atoms with van der Waals surface area (Å²) in [5.41, 5.74) is 0. The molecule has 2 N–H and O–H groups in total. The number of aliphatic hydroxyl groups excluding tert-OH is 1. The first-order chi connectivity index (χ1) is 7.27. The van der Waals surface area contributed by atoms with Crippen molar-refractivity contribution in [3.63, 3.8) is 0 Å². The molecule has 0 radical (unpaired) electrons. The lowest BCUT2D eigenvalue weighted by molar-refractivity contribution is 0.311. The molecule has 2 nitrogen and oxygen atoms in total. The Morgan fingerprint density at radius 2 is 2.20 bits per heavy atom. The smallest absolute Gasteiger partial charge is 0.0521 e. The third-order valence-corrected chi connectivity index (χ3v) is 4.50. The van der Waals surface area contributed by atoms with Crippen LogP contribution in [0.3, 0.4) is 0 Å². The second kappa shape index (κ2) is 7.53. The first-order valence-electron chi connectivity index (χ1n) is 6.23. The van der Waals surface area contributed by atoms with Crippen LogP contribution in [0.4, 0.5) is 0 Å². The molecule has 0 aromatic carbocycles. The van der Waals surface area contributed by atoms with Crippen LogP contribution in [0.25, 0.3) is 0 Å². The molecule has 0 saturated heterocycles. The van der Waals surface area contributed by atoms with Gasteiger partial charge in [0, 0.05) is 17.0 Å². The monoisotopic (exact) mass is 231 g/mol. The summed E-state index contributed by atoms with van der Waals surface area (Å²) in [5.74, 6) is 1.75. The van der Waals surface area contributed by atoms with E-state index in [4.69, 9.17) is 5.11 Å². The van der Waals surface area contributed by atoms with Gasteiger partial charge in [-0.3, -0.25) is 0 Å². The summed E-state index contributed by atoms with van der Waals surface area (Å²) in [5, 5.41) is 13.2. The molecular formula is C12H25NOS. The first-order valence-corrected chi connectivity index (χ1v) is 7.28. The summed E-state index contributed by atoms with van der Waals surface area (Å²) in [4.78, 5) is 0. The van der Waals surface area contributed by atoms with Gasteiger partial charge in [0.1, 0.15) is 0 Å². The van der Waals surface area contributed by atoms with Crippen LogP contribution in [0.1, 0.15) is 39.5 Å². The maximum absolute atomic E-state index is 8.88. The summed E-state index contributed by atoms with van der Waals surface area (Å²) in [6.45, 7) is 6.02. The largest absolute Gasteiger partial charge is 0.396 e. The van der Waals surface area contributed by atoms with Crippen molar-refractivity contribution in [1.29, 1.82) is 0 Å². The Labute approximate surface area is 98.2 Å². The van der Waals surface area contributed by atoms with E-state index in [1.807, 2.05) is 11.8 Å². The van der Waals surface area contributed by atoms with Gasteiger partial charge in [-0.15, -0.1) is 0 Å². The zero-order chi connectivity index (χ0) is 11.1. The maximum atomic E-state index is 8.88. The van der Waals surface area contributed by atoms with Crippen molar-refractivity contribution in [3.05, 3.63) is 0 Å². The fraction of sp³-hybridized carbons (Fsp3) is 1.00. The molecule has 0 aromatic rings. The van der Waals surface area contributed by atoms with Crippen LogP contribution >= 0.6 is 11.8 Å². The van der Waals surface area contributed by atoms with Crippen molar-refractivity contribution in [1.82, 2.24) is 5.32 Å². The van der Waals surface area contributed by atoms with Crippen molar-refractivity contribution in [2.24, 2.45) is 5.92 Å². The molecule has 1 fully saturated rings. The number of thioether (sulfide) groups is 1. The first kappa shape index (κ1) is 13.3. The molecule has 3 unspecified atom stereocenters. The molecule has 1 aliphatic rings. The van der Waals surface area contributed by atoms with Crippen molar-refractivity contribution in [2.75, 3.05) is 18.9 Å². The zero-order valence-corrected chi connectivity index (χ0v) is 10.9. The van der Waals surface area contributed by atoms with Crippen LogP contribution in [-0.4, -0.2) is 35.3 Å². The summed E-state index contributed by atoms with van der Waals surface area (Å²) >= 11 is 1.95. The number of hydrogen-bond donors (Lipinski definition) is 2. The average Bonchev–Trinajstić information content (AvgIpc) is 2.25. The van der Waals surface area contributed by atoms with Crippen LogP contribution in [0.2, 0.25) is 0 Å². The molecule has 0 aromatic heterocycles. The average molecular weight is 231 g/mol. The molecule has 0 bridgehead atoms. The highest BCUT2D eigenvalue weighted by Crippen LogP contribution is 2.32. The van der Waals surface area contributed by atoms with Gasteiger partial charge < -0.3 is 10.4 Å². The minimum absolute atomic E-state index is 0.316. The van der Waals surface area contributed by atoms with Crippen LogP contribution in [-0.2, 0) is 0 Å². The topological polar surface area (TPSA) is 32.3 Å². The van der Waals surface area contributed by atoms with Gasteiger partial charge in [0.2, 0.25) is 0 Å². The highest BCUT2D eigenvalue weighted by Gasteiger charge is 2.27. The molecule has 0 aliphatic heterocycles. The highest BCUT2D eigenvalue weighted by atomic mass is 32.2. The van der Waals surface area contributed by atoms with Crippen molar-refractivity contribution in [2.45, 2.75) is 50.8 Å². The highest BCUT2D eigenvalue weighted by molar-refractivity contribution is 7.99. The molecule has 0 spiro atoms. The lowest BCUT2D eigenvalue weighted by Crippen LogP contribution is -2.42. The molecule has 0 heterocycles. The van der Waals surface area contributed by atoms with Crippen LogP contribution in [0.5, 0.6) is 0 Å². The zero-order valence-electron chi connectivity index (χ0n) is 10.0. The molecule has 1 rings (SSSR count). The quantitative estimate of drug-likeness (QED) is 0.735. The lowest BCUT2D eigenvalue weighted by Gasteiger charge is -2.35. The maximum Gasteiger partial charge on any atom is 0.0521 e. The number of rotatable bonds is 6. The van der Waals surface area contributed by atoms with Crippen LogP contribution in [0, 0.1) is 5.92 Å². The number of aliphatic hydroxyl groups is 1. The second-order valence-corrected chi connectivity index (χ2v) is 5.96. The SMILES string of the molecule is CCCNC1CCC(C)CC1SCCO. The minimum Gasteiger partial charge on any atom is -0.396 e. The van der Waals surface area contributed by atoms with E-state index in [9.17, 15) is 0 Å². The van der Waals surface area contributed by atoms with Crippen LogP contribution < -0.4 is 5.32 Å². The Morgan fingerprint density at radius 1 is 1.40 bits per heavy atom. The van der Waals surface area contributed by atoms with Gasteiger partial charge in [-0.25, -0.2) is 0 Å². The van der Waals surface area contributed by atoms with Crippen molar-refractivity contribution < 1.29 is 5.11 Å². The predicted molar refractivity (Wildman–Crippen MR) is 68.4 cm³/mol. The predicted octanol–water partition coefficient (Wildman–Crippen LogP) is 2.27. The molecule has 1 saturated carbocycles. The Kier molecular flexibility index (Phi) is 6.69. The molecule has 15 heavy (non-hydrogen) atoms. The molecule has 0 amide bonds. The van der Waals surface area contributed by atoms with E-state index in [-0.39, 0.29) is 0 Å². The number of hydrogen-bond acceptors (Lipinski definition) is 3. The Bertz CT molecular complexity index is 164. The molecule has 90 valence electrons. The molecule has 3 atom stereocenters. The van der Waals surface area contributed by atoms with E-state index in [0.29, 0.717) is 17.9 Å². The Morgan fingerprint density at radius 3 is 2.87 bits per heavy atom. The fourth-order valence-corrected chi connectivity index (χ4v) is 3.62. The second-order valence-electron chi connectivity index (χ2n) is 4.61. The number of nitrogens with one attached hydrogen (secondary N) is 1. The van der Waals surface area contributed by atoms with Crippen LogP contribution in [0.15, 0.2) is 0 Å². The Balaban J connectivity index is 2.35. The molecule has 1 aliphatic carbocycles. The van der Waals surface area contributed by atoms with Gasteiger partial charge in [-0.05, 0) is 38.1 Å². The van der Waals surface area contributed by atoms with E-state index in [2.05, 4.69) is 19.2 Å². The van der Waals surface area contributed by atoms with Gasteiger partial charge in [-0.1, -0.05) is 13.8 Å². The van der Waals surface area contributed by atoms with Crippen molar-refractivity contribution in [3.8, 4) is 0 Å². The van der Waals surface area contributed by atoms with E-state index >= 15 is 0 Å². The normalized spacial score (nSPS) is 31.8. The standard InChI is InChI=1S/C12H25NOS/c1-3-6-13-11-5-4-10(2)9-12(11)15-8-7-14/h10-14H,3-9H2,1-2H3. The van der Waals surface area contributed by atoms with Gasteiger partial charge in [0.25, 0.3) is 0 Å². The van der Waals surface area contributed by atoms with E-state index in [1.54, 1.807) is 0 Å². The third kappa shape index (κ3) is 4.75. The van der Waals surface area contributed by atoms with E-state index < -0.39 is 0 Å². The Hall–Kier alpha value is 0.270. The molecule has 3 heteroatoms. The van der Waals surface area contributed by atoms with Gasteiger partial charge in [0.05, 0.1) is 6.61 Å². The van der Waals surface area contributed by atoms with Crippen molar-refractivity contribution >= 4 is 11.8 Å². The molecular weight excluding hydrogens is 206 g/mol. The fourth-order valence-electron chi connectivity index (χ4n) is 2.28. The summed E-state index contributed by atoms with van der Waals surface area (Å²) in [6, 6.07) is 0.678. The van der Waals surface area contributed by atoms with Gasteiger partial charge >= 0.3 is 0 Å². The summed E-state index contributed by atoms with van der Waals surface area (Å²) in [6.07, 6.45) is 5.19. The summed E-state index contributed by atoms with van der Waals surface area (Å²) in [7, 11) is 0. The van der Waals surface area contributed by atoms with Gasteiger partial charge in [-0.2, -0.15) is 11.8 Å². The van der Waals surface area contributed by atoms with E-state index in [0.717, 1.165) is 18.2 Å². The third-order valence-electron chi connectivity index (χ3n) is 3.13. The van der Waals surface area contributed by atoms with Gasteiger partial charge in [0.15, 0.2) is 0 Å². The minimum atomic E-state index is 0.316. The summed E-state index contributed by atoms with van der Waals surface area (Å²) < 4.78 is 0. The van der Waals surface area contributed by atoms with E-state index in [1.165, 1.54) is 25.7 Å². The lowest BCUT2D eigenvalue weighted by atomic mass is 9.87.